The number of carbonyl (C=O) groups is 2. The molecule has 0 heterocycles. The van der Waals surface area contributed by atoms with Crippen LogP contribution in [-0.4, -0.2) is 17.4 Å². The minimum absolute atomic E-state index is 0.0648. The van der Waals surface area contributed by atoms with E-state index >= 15 is 0 Å². The third kappa shape index (κ3) is 2.11. The first-order chi connectivity index (χ1) is 6.15. The lowest BCUT2D eigenvalue weighted by Crippen LogP contribution is -2.05. The van der Waals surface area contributed by atoms with E-state index in [1.807, 2.05) is 0 Å². The highest BCUT2D eigenvalue weighted by molar-refractivity contribution is 5.81. The average molecular weight is 182 g/mol. The Kier molecular flexibility index (Phi) is 2.74. The van der Waals surface area contributed by atoms with Crippen LogP contribution in [0.5, 0.6) is 0 Å². The summed E-state index contributed by atoms with van der Waals surface area (Å²) in [6.07, 6.45) is -0.0257. The van der Waals surface area contributed by atoms with Crippen LogP contribution in [0.25, 0.3) is 0 Å². The monoisotopic (exact) mass is 182 g/mol. The summed E-state index contributed by atoms with van der Waals surface area (Å²) in [5.74, 6) is -1.82. The Morgan fingerprint density at radius 3 is 2.77 bits per heavy atom. The first-order valence-electron chi connectivity index (χ1n) is 3.59. The van der Waals surface area contributed by atoms with Crippen molar-refractivity contribution in [3.63, 3.8) is 0 Å². The zero-order valence-electron chi connectivity index (χ0n) is 6.66. The van der Waals surface area contributed by atoms with E-state index in [-0.39, 0.29) is 11.1 Å². The molecular weight excluding hydrogens is 175 g/mol. The molecule has 1 aromatic rings. The van der Waals surface area contributed by atoms with E-state index in [1.165, 1.54) is 12.1 Å². The van der Waals surface area contributed by atoms with Gasteiger partial charge in [0.05, 0.1) is 6.42 Å². The lowest BCUT2D eigenvalue weighted by atomic mass is 10.1. The van der Waals surface area contributed by atoms with E-state index in [2.05, 4.69) is 0 Å². The average Bonchev–Trinajstić information content (AvgIpc) is 2.08. The lowest BCUT2D eigenvalue weighted by Gasteiger charge is -2.01. The summed E-state index contributed by atoms with van der Waals surface area (Å²) < 4.78 is 13.0. The molecule has 0 spiro atoms. The van der Waals surface area contributed by atoms with E-state index in [0.29, 0.717) is 6.29 Å². The summed E-state index contributed by atoms with van der Waals surface area (Å²) in [6, 6.07) is 3.88. The third-order valence-electron chi connectivity index (χ3n) is 1.61. The van der Waals surface area contributed by atoms with Crippen molar-refractivity contribution in [2.75, 3.05) is 0 Å². The number of aliphatic carboxylic acids is 1. The van der Waals surface area contributed by atoms with Gasteiger partial charge in [-0.15, -0.1) is 0 Å². The molecule has 1 aromatic carbocycles. The van der Waals surface area contributed by atoms with Crippen LogP contribution in [0.1, 0.15) is 15.9 Å². The Morgan fingerprint density at radius 1 is 1.54 bits per heavy atom. The van der Waals surface area contributed by atoms with Crippen LogP contribution in [0.3, 0.4) is 0 Å². The molecule has 1 N–H and O–H groups in total. The van der Waals surface area contributed by atoms with Gasteiger partial charge in [0.25, 0.3) is 0 Å². The van der Waals surface area contributed by atoms with Crippen LogP contribution in [0.4, 0.5) is 4.39 Å². The van der Waals surface area contributed by atoms with Crippen molar-refractivity contribution < 1.29 is 19.1 Å². The van der Waals surface area contributed by atoms with Gasteiger partial charge in [0.15, 0.2) is 0 Å². The number of rotatable bonds is 3. The summed E-state index contributed by atoms with van der Waals surface area (Å²) in [4.78, 5) is 20.7. The second-order valence-electron chi connectivity index (χ2n) is 2.50. The van der Waals surface area contributed by atoms with Crippen molar-refractivity contribution in [1.82, 2.24) is 0 Å². The molecular formula is C9H7FO3. The van der Waals surface area contributed by atoms with Crippen LogP contribution in [-0.2, 0) is 11.2 Å². The van der Waals surface area contributed by atoms with Gasteiger partial charge in [-0.05, 0) is 6.07 Å². The SMILES string of the molecule is O=Cc1cccc(F)c1CC(=O)O. The predicted molar refractivity (Wildman–Crippen MR) is 43.1 cm³/mol. The maximum atomic E-state index is 13.0. The van der Waals surface area contributed by atoms with Crippen molar-refractivity contribution in [2.45, 2.75) is 6.42 Å². The van der Waals surface area contributed by atoms with E-state index in [9.17, 15) is 14.0 Å². The summed E-state index contributed by atoms with van der Waals surface area (Å²) in [7, 11) is 0. The quantitative estimate of drug-likeness (QED) is 0.716. The van der Waals surface area contributed by atoms with E-state index in [1.54, 1.807) is 0 Å². The normalized spacial score (nSPS) is 9.62. The molecule has 3 nitrogen and oxygen atoms in total. The predicted octanol–water partition coefficient (Wildman–Crippen LogP) is 1.27. The number of halogens is 1. The molecule has 68 valence electrons. The number of carboxylic acid groups (broad SMARTS) is 1. The van der Waals surface area contributed by atoms with E-state index in [4.69, 9.17) is 5.11 Å². The zero-order valence-corrected chi connectivity index (χ0v) is 6.66. The number of hydrogen-bond acceptors (Lipinski definition) is 2. The molecule has 0 fully saturated rings. The lowest BCUT2D eigenvalue weighted by molar-refractivity contribution is -0.136. The maximum absolute atomic E-state index is 13.0. The first kappa shape index (κ1) is 9.38. The standard InChI is InChI=1S/C9H7FO3/c10-8-3-1-2-6(5-11)7(8)4-9(12)13/h1-3,5H,4H2,(H,12,13). The summed E-state index contributed by atoms with van der Waals surface area (Å²) in [5, 5.41) is 8.43. The van der Waals surface area contributed by atoms with Gasteiger partial charge in [-0.25, -0.2) is 4.39 Å². The van der Waals surface area contributed by atoms with Gasteiger partial charge in [-0.2, -0.15) is 0 Å². The fourth-order valence-corrected chi connectivity index (χ4v) is 1.02. The molecule has 0 bridgehead atoms. The molecule has 0 saturated carbocycles. The summed E-state index contributed by atoms with van der Waals surface area (Å²) in [5.41, 5.74) is 0.0207. The fraction of sp³-hybridized carbons (Fsp3) is 0.111. The van der Waals surface area contributed by atoms with Gasteiger partial charge >= 0.3 is 5.97 Å². The van der Waals surface area contributed by atoms with Crippen molar-refractivity contribution in [3.05, 3.63) is 35.1 Å². The summed E-state index contributed by atoms with van der Waals surface area (Å²) in [6.45, 7) is 0. The molecule has 13 heavy (non-hydrogen) atoms. The number of benzene rings is 1. The maximum Gasteiger partial charge on any atom is 0.307 e. The fourth-order valence-electron chi connectivity index (χ4n) is 1.02. The van der Waals surface area contributed by atoms with Crippen LogP contribution in [0.2, 0.25) is 0 Å². The highest BCUT2D eigenvalue weighted by Crippen LogP contribution is 2.12. The highest BCUT2D eigenvalue weighted by Gasteiger charge is 2.10. The van der Waals surface area contributed by atoms with Crippen LogP contribution >= 0.6 is 0 Å². The number of aldehydes is 1. The van der Waals surface area contributed by atoms with Gasteiger partial charge in [0, 0.05) is 11.1 Å². The van der Waals surface area contributed by atoms with Crippen LogP contribution < -0.4 is 0 Å². The van der Waals surface area contributed by atoms with Gasteiger partial charge in [0.1, 0.15) is 12.1 Å². The minimum atomic E-state index is -1.16. The number of carbonyl (C=O) groups excluding carboxylic acids is 1. The van der Waals surface area contributed by atoms with Gasteiger partial charge < -0.3 is 5.11 Å². The Morgan fingerprint density at radius 2 is 2.23 bits per heavy atom. The molecule has 0 unspecified atom stereocenters. The molecule has 0 saturated heterocycles. The van der Waals surface area contributed by atoms with Crippen molar-refractivity contribution >= 4 is 12.3 Å². The molecule has 0 atom stereocenters. The zero-order chi connectivity index (χ0) is 9.84. The van der Waals surface area contributed by atoms with Gasteiger partial charge in [-0.1, -0.05) is 12.1 Å². The largest absolute Gasteiger partial charge is 0.481 e. The Hall–Kier alpha value is -1.71. The van der Waals surface area contributed by atoms with E-state index in [0.717, 1.165) is 6.07 Å². The van der Waals surface area contributed by atoms with Gasteiger partial charge in [-0.3, -0.25) is 9.59 Å². The Bertz CT molecular complexity index is 347. The molecule has 0 aliphatic rings. The molecule has 0 aliphatic heterocycles. The molecule has 0 radical (unpaired) electrons. The Balaban J connectivity index is 3.14. The summed E-state index contributed by atoms with van der Waals surface area (Å²) >= 11 is 0. The minimum Gasteiger partial charge on any atom is -0.481 e. The second kappa shape index (κ2) is 3.80. The first-order valence-corrected chi connectivity index (χ1v) is 3.59. The van der Waals surface area contributed by atoms with Crippen LogP contribution in [0, 0.1) is 5.82 Å². The van der Waals surface area contributed by atoms with Crippen LogP contribution in [0.15, 0.2) is 18.2 Å². The molecule has 1 rings (SSSR count). The second-order valence-corrected chi connectivity index (χ2v) is 2.50. The third-order valence-corrected chi connectivity index (χ3v) is 1.61. The number of carboxylic acids is 1. The van der Waals surface area contributed by atoms with Gasteiger partial charge in [0.2, 0.25) is 0 Å². The highest BCUT2D eigenvalue weighted by atomic mass is 19.1. The molecule has 0 amide bonds. The number of hydrogen-bond donors (Lipinski definition) is 1. The van der Waals surface area contributed by atoms with Crippen molar-refractivity contribution in [3.8, 4) is 0 Å². The molecule has 0 aliphatic carbocycles. The Labute approximate surface area is 73.8 Å². The van der Waals surface area contributed by atoms with Crippen molar-refractivity contribution in [1.29, 1.82) is 0 Å². The molecule has 0 aromatic heterocycles. The van der Waals surface area contributed by atoms with Crippen molar-refractivity contribution in [2.24, 2.45) is 0 Å². The van der Waals surface area contributed by atoms with E-state index < -0.39 is 18.2 Å². The topological polar surface area (TPSA) is 54.4 Å². The smallest absolute Gasteiger partial charge is 0.307 e. The molecule has 4 heteroatoms.